The molecule has 0 bridgehead atoms. The minimum absolute atomic E-state index is 0.113. The maximum absolute atomic E-state index is 12.1. The minimum atomic E-state index is -0.569. The molecule has 26 heavy (non-hydrogen) atoms. The molecule has 0 fully saturated rings. The predicted octanol–water partition coefficient (Wildman–Crippen LogP) is 3.92. The number of methoxy groups -OCH3 is 1. The molecule has 2 rings (SSSR count). The highest BCUT2D eigenvalue weighted by Gasteiger charge is 2.07. The average Bonchev–Trinajstić information content (AvgIpc) is 2.61. The largest absolute Gasteiger partial charge is 0.447 e. The summed E-state index contributed by atoms with van der Waals surface area (Å²) in [6.07, 6.45) is -0.569. The summed E-state index contributed by atoms with van der Waals surface area (Å²) in [6.45, 7) is 2.53. The van der Waals surface area contributed by atoms with Gasteiger partial charge in [0, 0.05) is 23.4 Å². The summed E-state index contributed by atoms with van der Waals surface area (Å²) in [5, 5.41) is 5.43. The highest BCUT2D eigenvalue weighted by atomic mass is 32.2. The van der Waals surface area contributed by atoms with Gasteiger partial charge in [-0.25, -0.2) is 4.79 Å². The van der Waals surface area contributed by atoms with Crippen LogP contribution in [-0.2, 0) is 14.3 Å². The first-order valence-electron chi connectivity index (χ1n) is 8.09. The second-order valence-corrected chi connectivity index (χ2v) is 6.45. The van der Waals surface area contributed by atoms with Crippen LogP contribution in [0.25, 0.3) is 0 Å². The van der Waals surface area contributed by atoms with Crippen LogP contribution in [0.15, 0.2) is 53.4 Å². The second kappa shape index (κ2) is 10.5. The summed E-state index contributed by atoms with van der Waals surface area (Å²) in [4.78, 5) is 24.9. The zero-order valence-corrected chi connectivity index (χ0v) is 15.6. The lowest BCUT2D eigenvalue weighted by Gasteiger charge is -2.10. The summed E-state index contributed by atoms with van der Waals surface area (Å²) in [5.41, 5.74) is 2.29. The van der Waals surface area contributed by atoms with Gasteiger partial charge in [0.05, 0.1) is 12.4 Å². The lowest BCUT2D eigenvalue weighted by atomic mass is 10.2. The number of aryl methyl sites for hydroxylation is 1. The molecule has 2 amide bonds. The van der Waals surface area contributed by atoms with E-state index in [1.54, 1.807) is 24.3 Å². The van der Waals surface area contributed by atoms with Crippen LogP contribution in [0.5, 0.6) is 0 Å². The van der Waals surface area contributed by atoms with Crippen molar-refractivity contribution in [3.63, 3.8) is 0 Å². The van der Waals surface area contributed by atoms with Gasteiger partial charge in [-0.2, -0.15) is 0 Å². The Morgan fingerprint density at radius 2 is 1.73 bits per heavy atom. The minimum Gasteiger partial charge on any atom is -0.447 e. The van der Waals surface area contributed by atoms with Gasteiger partial charge in [0.15, 0.2) is 0 Å². The van der Waals surface area contributed by atoms with Crippen molar-refractivity contribution in [2.75, 3.05) is 36.7 Å². The number of rotatable bonds is 8. The van der Waals surface area contributed by atoms with Crippen molar-refractivity contribution >= 4 is 35.1 Å². The van der Waals surface area contributed by atoms with Crippen molar-refractivity contribution in [3.8, 4) is 0 Å². The van der Waals surface area contributed by atoms with Crippen molar-refractivity contribution < 1.29 is 19.1 Å². The quantitative estimate of drug-likeness (QED) is 0.541. The van der Waals surface area contributed by atoms with Crippen LogP contribution < -0.4 is 10.6 Å². The van der Waals surface area contributed by atoms with Gasteiger partial charge >= 0.3 is 6.09 Å². The predicted molar refractivity (Wildman–Crippen MR) is 104 cm³/mol. The van der Waals surface area contributed by atoms with Crippen molar-refractivity contribution in [1.29, 1.82) is 0 Å². The number of carbonyl (C=O) groups excluding carboxylic acids is 2. The van der Waals surface area contributed by atoms with E-state index in [1.807, 2.05) is 31.2 Å². The SMILES string of the molecule is COCCOC(=O)Nc1cccc(NC(=O)CSc2ccccc2C)c1. The van der Waals surface area contributed by atoms with Crippen molar-refractivity contribution in [2.45, 2.75) is 11.8 Å². The molecule has 0 aliphatic heterocycles. The standard InChI is InChI=1S/C19H22N2O4S/c1-14-6-3-4-9-17(14)26-13-18(22)20-15-7-5-8-16(12-15)21-19(23)25-11-10-24-2/h3-9,12H,10-11,13H2,1-2H3,(H,20,22)(H,21,23). The lowest BCUT2D eigenvalue weighted by molar-refractivity contribution is -0.113. The third-order valence-corrected chi connectivity index (χ3v) is 4.54. The molecule has 0 aliphatic rings. The number of hydrogen-bond donors (Lipinski definition) is 2. The summed E-state index contributed by atoms with van der Waals surface area (Å²) >= 11 is 1.49. The molecule has 0 unspecified atom stereocenters. The van der Waals surface area contributed by atoms with Crippen LogP contribution in [0.1, 0.15) is 5.56 Å². The Morgan fingerprint density at radius 1 is 1.00 bits per heavy atom. The first kappa shape index (κ1) is 19.8. The third kappa shape index (κ3) is 6.78. The number of ether oxygens (including phenoxy) is 2. The average molecular weight is 374 g/mol. The number of thioether (sulfide) groups is 1. The summed E-state index contributed by atoms with van der Waals surface area (Å²) in [6, 6.07) is 14.8. The van der Waals surface area contributed by atoms with Crippen LogP contribution in [0.2, 0.25) is 0 Å². The van der Waals surface area contributed by atoms with E-state index in [2.05, 4.69) is 10.6 Å². The Labute approximate surface area is 157 Å². The molecular formula is C19H22N2O4S. The summed E-state index contributed by atoms with van der Waals surface area (Å²) in [7, 11) is 1.53. The molecular weight excluding hydrogens is 352 g/mol. The summed E-state index contributed by atoms with van der Waals surface area (Å²) < 4.78 is 9.75. The molecule has 2 aromatic carbocycles. The molecule has 0 heterocycles. The Bertz CT molecular complexity index is 752. The Hall–Kier alpha value is -2.51. The van der Waals surface area contributed by atoms with Crippen LogP contribution in [0.3, 0.4) is 0 Å². The Balaban J connectivity index is 1.84. The zero-order chi connectivity index (χ0) is 18.8. The molecule has 0 saturated carbocycles. The maximum Gasteiger partial charge on any atom is 0.411 e. The van der Waals surface area contributed by atoms with E-state index in [9.17, 15) is 9.59 Å². The van der Waals surface area contributed by atoms with E-state index in [-0.39, 0.29) is 12.5 Å². The van der Waals surface area contributed by atoms with Crippen molar-refractivity contribution in [1.82, 2.24) is 0 Å². The molecule has 7 heteroatoms. The molecule has 2 aromatic rings. The number of amides is 2. The molecule has 138 valence electrons. The van der Waals surface area contributed by atoms with Gasteiger partial charge < -0.3 is 14.8 Å². The number of carbonyl (C=O) groups is 2. The lowest BCUT2D eigenvalue weighted by Crippen LogP contribution is -2.17. The molecule has 0 spiro atoms. The molecule has 0 radical (unpaired) electrons. The molecule has 2 N–H and O–H groups in total. The molecule has 6 nitrogen and oxygen atoms in total. The van der Waals surface area contributed by atoms with E-state index < -0.39 is 6.09 Å². The van der Waals surface area contributed by atoms with Gasteiger partial charge in [0.25, 0.3) is 0 Å². The van der Waals surface area contributed by atoms with Crippen LogP contribution in [0.4, 0.5) is 16.2 Å². The fourth-order valence-electron chi connectivity index (χ4n) is 2.11. The number of hydrogen-bond acceptors (Lipinski definition) is 5. The van der Waals surface area contributed by atoms with E-state index >= 15 is 0 Å². The normalized spacial score (nSPS) is 10.2. The van der Waals surface area contributed by atoms with Crippen LogP contribution >= 0.6 is 11.8 Å². The van der Waals surface area contributed by atoms with Gasteiger partial charge in [0.1, 0.15) is 6.61 Å². The highest BCUT2D eigenvalue weighted by molar-refractivity contribution is 8.00. The number of benzene rings is 2. The van der Waals surface area contributed by atoms with Gasteiger partial charge in [0.2, 0.25) is 5.91 Å². The third-order valence-electron chi connectivity index (χ3n) is 3.37. The van der Waals surface area contributed by atoms with Crippen molar-refractivity contribution in [3.05, 3.63) is 54.1 Å². The van der Waals surface area contributed by atoms with E-state index in [0.717, 1.165) is 10.5 Å². The van der Waals surface area contributed by atoms with Crippen LogP contribution in [-0.4, -0.2) is 38.1 Å². The summed E-state index contributed by atoms with van der Waals surface area (Å²) in [5.74, 6) is 0.194. The van der Waals surface area contributed by atoms with E-state index in [0.29, 0.717) is 23.7 Å². The zero-order valence-electron chi connectivity index (χ0n) is 14.8. The van der Waals surface area contributed by atoms with Gasteiger partial charge in [-0.15, -0.1) is 11.8 Å². The Kier molecular flexibility index (Phi) is 7.98. The number of anilines is 2. The van der Waals surface area contributed by atoms with Crippen LogP contribution in [0, 0.1) is 6.92 Å². The molecule has 0 atom stereocenters. The van der Waals surface area contributed by atoms with Crippen molar-refractivity contribution in [2.24, 2.45) is 0 Å². The van der Waals surface area contributed by atoms with Gasteiger partial charge in [-0.1, -0.05) is 24.3 Å². The second-order valence-electron chi connectivity index (χ2n) is 5.44. The Morgan fingerprint density at radius 3 is 2.46 bits per heavy atom. The number of nitrogens with one attached hydrogen (secondary N) is 2. The van der Waals surface area contributed by atoms with Gasteiger partial charge in [-0.3, -0.25) is 10.1 Å². The van der Waals surface area contributed by atoms with E-state index in [1.165, 1.54) is 18.9 Å². The molecule has 0 aliphatic carbocycles. The fraction of sp³-hybridized carbons (Fsp3) is 0.263. The molecule has 0 saturated heterocycles. The first-order chi connectivity index (χ1) is 12.6. The smallest absolute Gasteiger partial charge is 0.411 e. The monoisotopic (exact) mass is 374 g/mol. The highest BCUT2D eigenvalue weighted by Crippen LogP contribution is 2.22. The van der Waals surface area contributed by atoms with E-state index in [4.69, 9.17) is 9.47 Å². The topological polar surface area (TPSA) is 76.7 Å². The fourth-order valence-corrected chi connectivity index (χ4v) is 2.93. The molecule has 0 aromatic heterocycles. The van der Waals surface area contributed by atoms with Gasteiger partial charge in [-0.05, 0) is 36.8 Å². The maximum atomic E-state index is 12.1. The first-order valence-corrected chi connectivity index (χ1v) is 9.08.